The van der Waals surface area contributed by atoms with Crippen molar-refractivity contribution in [1.82, 2.24) is 10.2 Å². The molecule has 2 aliphatic carbocycles. The Bertz CT molecular complexity index is 580. The summed E-state index contributed by atoms with van der Waals surface area (Å²) in [4.78, 5) is 13.2. The molecule has 0 saturated heterocycles. The molecule has 0 unspecified atom stereocenters. The summed E-state index contributed by atoms with van der Waals surface area (Å²) in [5.74, 6) is 0.952. The molecule has 5 heteroatoms. The molecule has 0 aromatic heterocycles. The van der Waals surface area contributed by atoms with E-state index < -0.39 is 5.97 Å². The van der Waals surface area contributed by atoms with Crippen LogP contribution in [0.1, 0.15) is 36.8 Å². The van der Waals surface area contributed by atoms with Gasteiger partial charge in [-0.25, -0.2) is 0 Å². The van der Waals surface area contributed by atoms with Gasteiger partial charge in [-0.05, 0) is 55.7 Å². The molecule has 2 N–H and O–H groups in total. The summed E-state index contributed by atoms with van der Waals surface area (Å²) in [7, 11) is 1.70. The van der Waals surface area contributed by atoms with E-state index in [2.05, 4.69) is 28.4 Å². The van der Waals surface area contributed by atoms with Crippen LogP contribution in [-0.4, -0.2) is 48.3 Å². The highest BCUT2D eigenvalue weighted by Crippen LogP contribution is 2.33. The van der Waals surface area contributed by atoms with Crippen molar-refractivity contribution in [1.29, 1.82) is 0 Å². The monoisotopic (exact) mass is 332 g/mol. The van der Waals surface area contributed by atoms with E-state index in [0.29, 0.717) is 12.1 Å². The van der Waals surface area contributed by atoms with Crippen molar-refractivity contribution < 1.29 is 14.6 Å². The van der Waals surface area contributed by atoms with Crippen LogP contribution in [0.25, 0.3) is 0 Å². The Morgan fingerprint density at radius 2 is 2.12 bits per heavy atom. The highest BCUT2D eigenvalue weighted by molar-refractivity contribution is 5.69. The first-order valence-corrected chi connectivity index (χ1v) is 8.88. The molecule has 0 radical (unpaired) electrons. The lowest BCUT2D eigenvalue weighted by molar-refractivity contribution is -0.139. The van der Waals surface area contributed by atoms with Crippen molar-refractivity contribution in [3.63, 3.8) is 0 Å². The molecule has 2 fully saturated rings. The van der Waals surface area contributed by atoms with Gasteiger partial charge >= 0.3 is 5.97 Å². The maximum atomic E-state index is 11.1. The highest BCUT2D eigenvalue weighted by Gasteiger charge is 2.36. The number of carboxylic acid groups (broad SMARTS) is 1. The van der Waals surface area contributed by atoms with E-state index in [1.54, 1.807) is 7.11 Å². The number of hydrogen-bond acceptors (Lipinski definition) is 4. The zero-order valence-electron chi connectivity index (χ0n) is 14.6. The molecule has 132 valence electrons. The Kier molecular flexibility index (Phi) is 5.41. The fourth-order valence-electron chi connectivity index (χ4n) is 3.44. The van der Waals surface area contributed by atoms with Gasteiger partial charge in [-0.3, -0.25) is 9.69 Å². The average molecular weight is 332 g/mol. The molecule has 0 spiro atoms. The van der Waals surface area contributed by atoms with Gasteiger partial charge in [0, 0.05) is 25.2 Å². The molecule has 2 saturated carbocycles. The van der Waals surface area contributed by atoms with Gasteiger partial charge in [0.25, 0.3) is 0 Å². The number of nitrogens with zero attached hydrogens (tertiary/aromatic N) is 1. The summed E-state index contributed by atoms with van der Waals surface area (Å²) in [6, 6.07) is 7.21. The van der Waals surface area contributed by atoms with Crippen molar-refractivity contribution >= 4 is 5.97 Å². The molecule has 24 heavy (non-hydrogen) atoms. The number of carboxylic acids is 1. The summed E-state index contributed by atoms with van der Waals surface area (Å²) < 4.78 is 5.37. The van der Waals surface area contributed by atoms with Gasteiger partial charge in [-0.1, -0.05) is 12.1 Å². The van der Waals surface area contributed by atoms with Gasteiger partial charge in [0.1, 0.15) is 5.75 Å². The van der Waals surface area contributed by atoms with E-state index in [0.717, 1.165) is 43.2 Å². The molecule has 0 heterocycles. The molecule has 3 rings (SSSR count). The Hall–Kier alpha value is -1.59. The van der Waals surface area contributed by atoms with Crippen LogP contribution in [0.5, 0.6) is 5.75 Å². The normalized spacial score (nSPS) is 23.1. The Morgan fingerprint density at radius 1 is 1.38 bits per heavy atom. The van der Waals surface area contributed by atoms with Gasteiger partial charge in [-0.15, -0.1) is 0 Å². The van der Waals surface area contributed by atoms with Gasteiger partial charge in [0.05, 0.1) is 13.7 Å². The fraction of sp³-hybridized carbons (Fsp3) is 0.632. The molecule has 0 aliphatic heterocycles. The lowest BCUT2D eigenvalue weighted by Gasteiger charge is -2.43. The topological polar surface area (TPSA) is 61.8 Å². The molecular weight excluding hydrogens is 304 g/mol. The van der Waals surface area contributed by atoms with Crippen molar-refractivity contribution in [2.75, 3.05) is 20.2 Å². The van der Waals surface area contributed by atoms with Crippen LogP contribution in [0.15, 0.2) is 18.2 Å². The van der Waals surface area contributed by atoms with Gasteiger partial charge in [-0.2, -0.15) is 0 Å². The number of ether oxygens (including phenoxy) is 1. The number of benzene rings is 1. The molecule has 0 atom stereocenters. The van der Waals surface area contributed by atoms with E-state index in [1.165, 1.54) is 18.4 Å². The Morgan fingerprint density at radius 3 is 2.75 bits per heavy atom. The number of methoxy groups -OCH3 is 1. The summed E-state index contributed by atoms with van der Waals surface area (Å²) in [5, 5.41) is 12.7. The first-order chi connectivity index (χ1) is 11.5. The highest BCUT2D eigenvalue weighted by atomic mass is 16.5. The van der Waals surface area contributed by atoms with Crippen molar-refractivity contribution in [3.8, 4) is 5.75 Å². The average Bonchev–Trinajstić information content (AvgIpc) is 3.30. The maximum Gasteiger partial charge on any atom is 0.317 e. The van der Waals surface area contributed by atoms with Crippen molar-refractivity contribution in [3.05, 3.63) is 29.3 Å². The summed E-state index contributed by atoms with van der Waals surface area (Å²) >= 11 is 0. The lowest BCUT2D eigenvalue weighted by Crippen LogP contribution is -2.54. The SMILES string of the molecule is COc1cc(CNC2CC(N(CC(=O)O)CC3CC3)C2)ccc1C. The van der Waals surface area contributed by atoms with Gasteiger partial charge in [0.15, 0.2) is 0 Å². The first-order valence-electron chi connectivity index (χ1n) is 8.88. The standard InChI is InChI=1S/C19H28N2O3/c1-13-3-4-15(7-18(13)24-2)10-20-16-8-17(9-16)21(12-19(22)23)11-14-5-6-14/h3-4,7,14,16-17,20H,5-6,8-12H2,1-2H3,(H,22,23). The zero-order valence-corrected chi connectivity index (χ0v) is 14.6. The predicted molar refractivity (Wildman–Crippen MR) is 93.3 cm³/mol. The second-order valence-electron chi connectivity index (χ2n) is 7.27. The smallest absolute Gasteiger partial charge is 0.317 e. The van der Waals surface area contributed by atoms with Crippen molar-refractivity contribution in [2.24, 2.45) is 5.92 Å². The van der Waals surface area contributed by atoms with Crippen LogP contribution >= 0.6 is 0 Å². The zero-order chi connectivity index (χ0) is 17.1. The van der Waals surface area contributed by atoms with Crippen LogP contribution in [0.3, 0.4) is 0 Å². The third-order valence-electron chi connectivity index (χ3n) is 5.22. The molecule has 2 aliphatic rings. The number of rotatable bonds is 9. The van der Waals surface area contributed by atoms with Crippen LogP contribution < -0.4 is 10.1 Å². The minimum absolute atomic E-state index is 0.184. The predicted octanol–water partition coefficient (Wildman–Crippen LogP) is 2.42. The Labute approximate surface area is 144 Å². The minimum atomic E-state index is -0.709. The number of hydrogen-bond donors (Lipinski definition) is 2. The summed E-state index contributed by atoms with van der Waals surface area (Å²) in [5.41, 5.74) is 2.37. The molecule has 5 nitrogen and oxygen atoms in total. The second-order valence-corrected chi connectivity index (χ2v) is 7.27. The molecule has 1 aromatic rings. The molecule has 1 aromatic carbocycles. The summed E-state index contributed by atoms with van der Waals surface area (Å²) in [6.45, 7) is 4.01. The fourth-order valence-corrected chi connectivity index (χ4v) is 3.44. The van der Waals surface area contributed by atoms with E-state index in [9.17, 15) is 4.79 Å². The van der Waals surface area contributed by atoms with Gasteiger partial charge < -0.3 is 15.2 Å². The van der Waals surface area contributed by atoms with Crippen LogP contribution in [-0.2, 0) is 11.3 Å². The van der Waals surface area contributed by atoms with Crippen LogP contribution in [0, 0.1) is 12.8 Å². The second kappa shape index (κ2) is 7.53. The van der Waals surface area contributed by atoms with Crippen LogP contribution in [0.2, 0.25) is 0 Å². The number of carbonyl (C=O) groups is 1. The number of aliphatic carboxylic acids is 1. The largest absolute Gasteiger partial charge is 0.496 e. The Balaban J connectivity index is 1.44. The van der Waals surface area contributed by atoms with Crippen molar-refractivity contribution in [2.45, 2.75) is 51.2 Å². The van der Waals surface area contributed by atoms with E-state index in [-0.39, 0.29) is 6.54 Å². The third-order valence-corrected chi connectivity index (χ3v) is 5.22. The summed E-state index contributed by atoms with van der Waals surface area (Å²) in [6.07, 6.45) is 4.62. The van der Waals surface area contributed by atoms with E-state index in [4.69, 9.17) is 9.84 Å². The van der Waals surface area contributed by atoms with E-state index in [1.807, 2.05) is 6.92 Å². The van der Waals surface area contributed by atoms with Crippen LogP contribution in [0.4, 0.5) is 0 Å². The lowest BCUT2D eigenvalue weighted by atomic mass is 9.85. The molecular formula is C19H28N2O3. The van der Waals surface area contributed by atoms with E-state index >= 15 is 0 Å². The first kappa shape index (κ1) is 17.2. The third kappa shape index (κ3) is 4.48. The quantitative estimate of drug-likeness (QED) is 0.727. The number of aryl methyl sites for hydroxylation is 1. The number of nitrogens with one attached hydrogen (secondary N) is 1. The molecule has 0 bridgehead atoms. The molecule has 0 amide bonds. The minimum Gasteiger partial charge on any atom is -0.496 e. The van der Waals surface area contributed by atoms with Gasteiger partial charge in [0.2, 0.25) is 0 Å². The maximum absolute atomic E-state index is 11.1.